The van der Waals surface area contributed by atoms with Gasteiger partial charge in [-0.3, -0.25) is 0 Å². The van der Waals surface area contributed by atoms with Crippen LogP contribution in [0.25, 0.3) is 0 Å². The van der Waals surface area contributed by atoms with Gasteiger partial charge in [-0.1, -0.05) is 29.8 Å². The molecule has 0 amide bonds. The molecule has 0 aliphatic heterocycles. The fourth-order valence-corrected chi connectivity index (χ4v) is 2.47. The lowest BCUT2D eigenvalue weighted by Gasteiger charge is -2.43. The molecule has 0 spiro atoms. The van der Waals surface area contributed by atoms with E-state index in [9.17, 15) is 0 Å². The Labute approximate surface area is 107 Å². The second-order valence-electron chi connectivity index (χ2n) is 5.00. The lowest BCUT2D eigenvalue weighted by molar-refractivity contribution is 0.282. The lowest BCUT2D eigenvalue weighted by atomic mass is 9.72. The van der Waals surface area contributed by atoms with E-state index in [1.165, 1.54) is 17.5 Å². The largest absolute Gasteiger partial charge is 0.345 e. The van der Waals surface area contributed by atoms with E-state index in [4.69, 9.17) is 0 Å². The molecule has 1 N–H and O–H groups in total. The predicted molar refractivity (Wildman–Crippen MR) is 72.4 cm³/mol. The van der Waals surface area contributed by atoms with Crippen molar-refractivity contribution >= 4 is 5.95 Å². The Morgan fingerprint density at radius 1 is 1.06 bits per heavy atom. The molecule has 1 aromatic heterocycles. The Morgan fingerprint density at radius 3 is 2.28 bits per heavy atom. The van der Waals surface area contributed by atoms with Crippen molar-refractivity contribution in [3.8, 4) is 0 Å². The Hall–Kier alpha value is -1.90. The van der Waals surface area contributed by atoms with Crippen LogP contribution in [-0.2, 0) is 5.54 Å². The molecule has 1 aliphatic carbocycles. The first-order valence-corrected chi connectivity index (χ1v) is 6.41. The summed E-state index contributed by atoms with van der Waals surface area (Å²) in [7, 11) is 0. The highest BCUT2D eigenvalue weighted by Crippen LogP contribution is 2.43. The second kappa shape index (κ2) is 4.41. The molecule has 1 heterocycles. The molecule has 0 unspecified atom stereocenters. The summed E-state index contributed by atoms with van der Waals surface area (Å²) in [5.74, 6) is 0.720. The number of nitrogens with zero attached hydrogens (tertiary/aromatic N) is 2. The van der Waals surface area contributed by atoms with Gasteiger partial charge in [0.15, 0.2) is 0 Å². The van der Waals surface area contributed by atoms with Crippen LogP contribution in [0.5, 0.6) is 0 Å². The molecule has 1 aromatic carbocycles. The van der Waals surface area contributed by atoms with Gasteiger partial charge in [0, 0.05) is 12.4 Å². The van der Waals surface area contributed by atoms with Gasteiger partial charge in [0.2, 0.25) is 5.95 Å². The number of rotatable bonds is 3. The standard InChI is InChI=1S/C15H17N3/c1-12-4-6-13(7-5-12)15(8-2-9-15)18-14-16-10-3-11-17-14/h3-7,10-11H,2,8-9H2,1H3,(H,16,17,18). The number of aryl methyl sites for hydroxylation is 1. The molecule has 92 valence electrons. The zero-order valence-electron chi connectivity index (χ0n) is 10.6. The Bertz CT molecular complexity index is 515. The summed E-state index contributed by atoms with van der Waals surface area (Å²) in [6, 6.07) is 10.6. The van der Waals surface area contributed by atoms with E-state index in [1.54, 1.807) is 12.4 Å². The number of aromatic nitrogens is 2. The SMILES string of the molecule is Cc1ccc(C2(Nc3ncccn3)CCC2)cc1. The molecule has 3 heteroatoms. The van der Waals surface area contributed by atoms with Gasteiger partial charge < -0.3 is 5.32 Å². The van der Waals surface area contributed by atoms with Crippen molar-refractivity contribution in [2.75, 3.05) is 5.32 Å². The molecule has 3 nitrogen and oxygen atoms in total. The topological polar surface area (TPSA) is 37.8 Å². The lowest BCUT2D eigenvalue weighted by Crippen LogP contribution is -2.42. The summed E-state index contributed by atoms with van der Waals surface area (Å²) in [6.07, 6.45) is 7.10. The molecule has 0 bridgehead atoms. The van der Waals surface area contributed by atoms with Crippen LogP contribution in [0.1, 0.15) is 30.4 Å². The zero-order chi connectivity index (χ0) is 12.4. The van der Waals surface area contributed by atoms with Crippen molar-refractivity contribution in [3.05, 3.63) is 53.9 Å². The first-order valence-electron chi connectivity index (χ1n) is 6.41. The Balaban J connectivity index is 1.88. The van der Waals surface area contributed by atoms with E-state index in [0.29, 0.717) is 0 Å². The van der Waals surface area contributed by atoms with Gasteiger partial charge in [-0.15, -0.1) is 0 Å². The second-order valence-corrected chi connectivity index (χ2v) is 5.00. The van der Waals surface area contributed by atoms with Crippen LogP contribution in [0, 0.1) is 6.92 Å². The monoisotopic (exact) mass is 239 g/mol. The highest BCUT2D eigenvalue weighted by Gasteiger charge is 2.39. The van der Waals surface area contributed by atoms with Crippen molar-refractivity contribution in [3.63, 3.8) is 0 Å². The van der Waals surface area contributed by atoms with Gasteiger partial charge in [0.25, 0.3) is 0 Å². The Morgan fingerprint density at radius 2 is 1.72 bits per heavy atom. The minimum Gasteiger partial charge on any atom is -0.345 e. The quantitative estimate of drug-likeness (QED) is 0.893. The van der Waals surface area contributed by atoms with Gasteiger partial charge in [-0.2, -0.15) is 0 Å². The number of nitrogens with one attached hydrogen (secondary N) is 1. The van der Waals surface area contributed by atoms with Crippen LogP contribution in [0.15, 0.2) is 42.7 Å². The molecule has 2 aromatic rings. The molecule has 1 fully saturated rings. The normalized spacial score (nSPS) is 16.9. The number of hydrogen-bond donors (Lipinski definition) is 1. The average Bonchev–Trinajstić information content (AvgIpc) is 2.36. The first-order chi connectivity index (χ1) is 8.78. The van der Waals surface area contributed by atoms with Crippen LogP contribution in [0.3, 0.4) is 0 Å². The third-order valence-corrected chi connectivity index (χ3v) is 3.73. The van der Waals surface area contributed by atoms with Crippen LogP contribution in [0.2, 0.25) is 0 Å². The van der Waals surface area contributed by atoms with E-state index in [1.807, 2.05) is 6.07 Å². The summed E-state index contributed by atoms with van der Waals surface area (Å²) in [6.45, 7) is 2.12. The maximum absolute atomic E-state index is 4.27. The molecule has 0 radical (unpaired) electrons. The maximum atomic E-state index is 4.27. The van der Waals surface area contributed by atoms with Crippen molar-refractivity contribution in [1.82, 2.24) is 9.97 Å². The number of hydrogen-bond acceptors (Lipinski definition) is 3. The number of benzene rings is 1. The van der Waals surface area contributed by atoms with Gasteiger partial charge in [-0.25, -0.2) is 9.97 Å². The molecular weight excluding hydrogens is 222 g/mol. The van der Waals surface area contributed by atoms with Gasteiger partial charge >= 0.3 is 0 Å². The fraction of sp³-hybridized carbons (Fsp3) is 0.333. The van der Waals surface area contributed by atoms with E-state index < -0.39 is 0 Å². The summed E-state index contributed by atoms with van der Waals surface area (Å²) < 4.78 is 0. The van der Waals surface area contributed by atoms with Crippen LogP contribution >= 0.6 is 0 Å². The molecule has 0 saturated heterocycles. The van der Waals surface area contributed by atoms with Crippen molar-refractivity contribution in [2.24, 2.45) is 0 Å². The van der Waals surface area contributed by atoms with Gasteiger partial charge in [0.1, 0.15) is 0 Å². The highest BCUT2D eigenvalue weighted by molar-refractivity contribution is 5.39. The third kappa shape index (κ3) is 1.96. The van der Waals surface area contributed by atoms with E-state index in [-0.39, 0.29) is 5.54 Å². The molecular formula is C15H17N3. The third-order valence-electron chi connectivity index (χ3n) is 3.73. The van der Waals surface area contributed by atoms with Crippen molar-refractivity contribution < 1.29 is 0 Å². The summed E-state index contributed by atoms with van der Waals surface area (Å²) in [4.78, 5) is 8.53. The predicted octanol–water partition coefficient (Wildman–Crippen LogP) is 3.28. The molecule has 3 rings (SSSR count). The molecule has 18 heavy (non-hydrogen) atoms. The van der Waals surface area contributed by atoms with Crippen molar-refractivity contribution in [1.29, 1.82) is 0 Å². The average molecular weight is 239 g/mol. The van der Waals surface area contributed by atoms with E-state index >= 15 is 0 Å². The maximum Gasteiger partial charge on any atom is 0.223 e. The first kappa shape index (κ1) is 11.2. The van der Waals surface area contributed by atoms with Gasteiger partial charge in [-0.05, 0) is 37.8 Å². The minimum atomic E-state index is 0.0368. The van der Waals surface area contributed by atoms with Crippen LogP contribution < -0.4 is 5.32 Å². The zero-order valence-corrected chi connectivity index (χ0v) is 10.6. The molecule has 1 saturated carbocycles. The number of anilines is 1. The highest BCUT2D eigenvalue weighted by atomic mass is 15.1. The fourth-order valence-electron chi connectivity index (χ4n) is 2.47. The minimum absolute atomic E-state index is 0.0368. The van der Waals surface area contributed by atoms with Crippen LogP contribution in [-0.4, -0.2) is 9.97 Å². The summed E-state index contributed by atoms with van der Waals surface area (Å²) in [5, 5.41) is 3.51. The summed E-state index contributed by atoms with van der Waals surface area (Å²) in [5.41, 5.74) is 2.67. The van der Waals surface area contributed by atoms with E-state index in [0.717, 1.165) is 18.8 Å². The van der Waals surface area contributed by atoms with Gasteiger partial charge in [0.05, 0.1) is 5.54 Å². The van der Waals surface area contributed by atoms with E-state index in [2.05, 4.69) is 46.5 Å². The smallest absolute Gasteiger partial charge is 0.223 e. The van der Waals surface area contributed by atoms with Crippen molar-refractivity contribution in [2.45, 2.75) is 31.7 Å². The molecule has 1 aliphatic rings. The Kier molecular flexibility index (Phi) is 2.74. The molecule has 0 atom stereocenters. The van der Waals surface area contributed by atoms with Crippen LogP contribution in [0.4, 0.5) is 5.95 Å². The summed E-state index contributed by atoms with van der Waals surface area (Å²) >= 11 is 0.